The van der Waals surface area contributed by atoms with Crippen molar-refractivity contribution >= 4 is 0 Å². The summed E-state index contributed by atoms with van der Waals surface area (Å²) < 4.78 is 17.8. The molecule has 1 saturated heterocycles. The van der Waals surface area contributed by atoms with Crippen molar-refractivity contribution in [2.75, 3.05) is 13.2 Å². The molecule has 2 N–H and O–H groups in total. The molecule has 1 aliphatic heterocycles. The van der Waals surface area contributed by atoms with Gasteiger partial charge in [0.2, 0.25) is 0 Å². The fraction of sp³-hybridized carbons (Fsp3) is 0.364. The van der Waals surface area contributed by atoms with Crippen LogP contribution in [0.2, 0.25) is 0 Å². The third kappa shape index (κ3) is 5.73. The van der Waals surface area contributed by atoms with Crippen LogP contribution < -0.4 is 0 Å². The first-order valence-electron chi connectivity index (χ1n) is 9.19. The minimum absolute atomic E-state index is 0.0325. The molecule has 3 rings (SSSR count). The molecule has 0 amide bonds. The second kappa shape index (κ2) is 10.3. The number of hydrogen-bond donors (Lipinski definition) is 2. The first-order chi connectivity index (χ1) is 13.3. The lowest BCUT2D eigenvalue weighted by molar-refractivity contribution is -0.280. The summed E-state index contributed by atoms with van der Waals surface area (Å²) in [6, 6.07) is 19.5. The van der Waals surface area contributed by atoms with Crippen LogP contribution in [0.4, 0.5) is 0 Å². The molecule has 0 aromatic heterocycles. The van der Waals surface area contributed by atoms with Crippen LogP contribution in [0.3, 0.4) is 0 Å². The van der Waals surface area contributed by atoms with Gasteiger partial charge in [-0.05, 0) is 12.0 Å². The monoisotopic (exact) mass is 370 g/mol. The minimum atomic E-state index is -0.784. The summed E-state index contributed by atoms with van der Waals surface area (Å²) in [5.74, 6) is 0. The van der Waals surface area contributed by atoms with Gasteiger partial charge in [0, 0.05) is 5.56 Å². The topological polar surface area (TPSA) is 68.2 Å². The van der Waals surface area contributed by atoms with Crippen LogP contribution in [0.25, 0.3) is 0 Å². The maximum atomic E-state index is 10.5. The molecule has 1 aliphatic rings. The van der Waals surface area contributed by atoms with Gasteiger partial charge >= 0.3 is 0 Å². The normalized spacial score (nSPS) is 24.1. The lowest BCUT2D eigenvalue weighted by Gasteiger charge is -2.38. The predicted molar refractivity (Wildman–Crippen MR) is 102 cm³/mol. The molecule has 0 aliphatic carbocycles. The molecule has 4 atom stereocenters. The van der Waals surface area contributed by atoms with Crippen molar-refractivity contribution in [3.8, 4) is 0 Å². The van der Waals surface area contributed by atoms with E-state index in [9.17, 15) is 5.11 Å². The summed E-state index contributed by atoms with van der Waals surface area (Å²) >= 11 is 0. The van der Waals surface area contributed by atoms with E-state index in [2.05, 4.69) is 0 Å². The zero-order valence-corrected chi connectivity index (χ0v) is 15.2. The molecule has 0 spiro atoms. The van der Waals surface area contributed by atoms with E-state index in [1.54, 1.807) is 6.08 Å². The van der Waals surface area contributed by atoms with E-state index in [1.165, 1.54) is 0 Å². The van der Waals surface area contributed by atoms with Crippen LogP contribution in [0.5, 0.6) is 0 Å². The van der Waals surface area contributed by atoms with E-state index in [4.69, 9.17) is 19.3 Å². The number of ether oxygens (including phenoxy) is 3. The molecule has 0 saturated carbocycles. The third-order valence-corrected chi connectivity index (χ3v) is 4.46. The second-order valence-electron chi connectivity index (χ2n) is 6.47. The summed E-state index contributed by atoms with van der Waals surface area (Å²) in [6.07, 6.45) is 1.82. The molecular formula is C22H26O5. The van der Waals surface area contributed by atoms with E-state index in [0.29, 0.717) is 13.0 Å². The molecule has 5 heteroatoms. The fourth-order valence-electron chi connectivity index (χ4n) is 3.05. The van der Waals surface area contributed by atoms with Gasteiger partial charge < -0.3 is 24.4 Å². The minimum Gasteiger partial charge on any atom is -0.392 e. The Morgan fingerprint density at radius 1 is 1.04 bits per heavy atom. The lowest BCUT2D eigenvalue weighted by atomic mass is 10.0. The maximum absolute atomic E-state index is 10.5. The Hall–Kier alpha value is -2.02. The first kappa shape index (κ1) is 19.7. The fourth-order valence-corrected chi connectivity index (χ4v) is 3.05. The summed E-state index contributed by atoms with van der Waals surface area (Å²) in [5.41, 5.74) is 1.96. The lowest BCUT2D eigenvalue weighted by Crippen LogP contribution is -2.48. The Kier molecular flexibility index (Phi) is 7.56. The van der Waals surface area contributed by atoms with Gasteiger partial charge in [0.1, 0.15) is 12.2 Å². The van der Waals surface area contributed by atoms with Crippen LogP contribution in [0, 0.1) is 0 Å². The van der Waals surface area contributed by atoms with Crippen molar-refractivity contribution in [3.05, 3.63) is 83.9 Å². The van der Waals surface area contributed by atoms with Crippen LogP contribution in [-0.2, 0) is 20.8 Å². The van der Waals surface area contributed by atoms with Crippen molar-refractivity contribution in [3.63, 3.8) is 0 Å². The molecule has 1 unspecified atom stereocenters. The first-order valence-corrected chi connectivity index (χ1v) is 9.19. The highest BCUT2D eigenvalue weighted by atomic mass is 16.7. The number of hydrogen-bond acceptors (Lipinski definition) is 5. The van der Waals surface area contributed by atoms with Crippen LogP contribution in [0.1, 0.15) is 23.8 Å². The molecule has 0 radical (unpaired) electrons. The Morgan fingerprint density at radius 3 is 2.44 bits per heavy atom. The molecule has 1 fully saturated rings. The van der Waals surface area contributed by atoms with E-state index >= 15 is 0 Å². The Bertz CT molecular complexity index is 688. The van der Waals surface area contributed by atoms with Crippen molar-refractivity contribution in [1.82, 2.24) is 0 Å². The average Bonchev–Trinajstić information content (AvgIpc) is 2.73. The van der Waals surface area contributed by atoms with Crippen molar-refractivity contribution in [2.24, 2.45) is 0 Å². The van der Waals surface area contributed by atoms with Gasteiger partial charge in [0.25, 0.3) is 0 Å². The SMILES string of the molecule is OC/C=C\C[C@@H](OCc1ccccc1)[C@@H]1OC(c2ccccc2)OC[C@H]1O. The summed E-state index contributed by atoms with van der Waals surface area (Å²) in [4.78, 5) is 0. The molecule has 1 heterocycles. The maximum Gasteiger partial charge on any atom is 0.184 e. The summed E-state index contributed by atoms with van der Waals surface area (Å²) in [7, 11) is 0. The van der Waals surface area contributed by atoms with Crippen molar-refractivity contribution < 1.29 is 24.4 Å². The quantitative estimate of drug-likeness (QED) is 0.699. The zero-order valence-electron chi connectivity index (χ0n) is 15.2. The van der Waals surface area contributed by atoms with Crippen LogP contribution in [-0.4, -0.2) is 41.7 Å². The van der Waals surface area contributed by atoms with Crippen molar-refractivity contribution in [2.45, 2.75) is 37.6 Å². The molecule has 144 valence electrons. The van der Waals surface area contributed by atoms with E-state index in [-0.39, 0.29) is 19.3 Å². The largest absolute Gasteiger partial charge is 0.392 e. The zero-order chi connectivity index (χ0) is 18.9. The summed E-state index contributed by atoms with van der Waals surface area (Å²) in [5, 5.41) is 19.5. The van der Waals surface area contributed by atoms with Gasteiger partial charge in [-0.3, -0.25) is 0 Å². The molecule has 27 heavy (non-hydrogen) atoms. The smallest absolute Gasteiger partial charge is 0.184 e. The van der Waals surface area contributed by atoms with Gasteiger partial charge in [-0.1, -0.05) is 72.8 Å². The van der Waals surface area contributed by atoms with Crippen molar-refractivity contribution in [1.29, 1.82) is 0 Å². The highest BCUT2D eigenvalue weighted by Crippen LogP contribution is 2.30. The Balaban J connectivity index is 1.71. The molecule has 0 bridgehead atoms. The van der Waals surface area contributed by atoms with Gasteiger partial charge in [-0.15, -0.1) is 0 Å². The molecule has 2 aromatic carbocycles. The number of aliphatic hydroxyl groups is 2. The van der Waals surface area contributed by atoms with E-state index in [0.717, 1.165) is 11.1 Å². The van der Waals surface area contributed by atoms with Gasteiger partial charge in [-0.25, -0.2) is 0 Å². The number of rotatable bonds is 8. The van der Waals surface area contributed by atoms with E-state index < -0.39 is 18.5 Å². The predicted octanol–water partition coefficient (Wildman–Crippen LogP) is 2.99. The average molecular weight is 370 g/mol. The number of benzene rings is 2. The Morgan fingerprint density at radius 2 is 1.74 bits per heavy atom. The van der Waals surface area contributed by atoms with Gasteiger partial charge in [-0.2, -0.15) is 0 Å². The van der Waals surface area contributed by atoms with Gasteiger partial charge in [0.05, 0.1) is 25.9 Å². The van der Waals surface area contributed by atoms with Crippen LogP contribution >= 0.6 is 0 Å². The number of aliphatic hydroxyl groups excluding tert-OH is 2. The molecule has 5 nitrogen and oxygen atoms in total. The van der Waals surface area contributed by atoms with E-state index in [1.807, 2.05) is 66.7 Å². The third-order valence-electron chi connectivity index (χ3n) is 4.46. The molecular weight excluding hydrogens is 344 g/mol. The molecule has 2 aromatic rings. The highest BCUT2D eigenvalue weighted by Gasteiger charge is 2.37. The Labute approximate surface area is 159 Å². The second-order valence-corrected chi connectivity index (χ2v) is 6.47. The summed E-state index contributed by atoms with van der Waals surface area (Å²) in [6.45, 7) is 0.566. The van der Waals surface area contributed by atoms with Crippen LogP contribution in [0.15, 0.2) is 72.8 Å². The standard InChI is InChI=1S/C22H26O5/c23-14-8-7-13-20(25-15-17-9-3-1-4-10-17)21-19(24)16-26-22(27-21)18-11-5-2-6-12-18/h1-12,19-24H,13-16H2/b8-7-/t19-,20-,21-,22?/m1/s1. The highest BCUT2D eigenvalue weighted by molar-refractivity contribution is 5.17. The van der Waals surface area contributed by atoms with Gasteiger partial charge in [0.15, 0.2) is 6.29 Å².